The lowest BCUT2D eigenvalue weighted by Crippen LogP contribution is -2.47. The van der Waals surface area contributed by atoms with E-state index in [2.05, 4.69) is 36.5 Å². The maximum atomic E-state index is 5.43. The summed E-state index contributed by atoms with van der Waals surface area (Å²) in [5, 5.41) is 11.7. The van der Waals surface area contributed by atoms with Crippen LogP contribution in [0.25, 0.3) is 0 Å². The van der Waals surface area contributed by atoms with E-state index in [1.165, 1.54) is 36.9 Å². The third-order valence-corrected chi connectivity index (χ3v) is 5.73. The molecule has 0 aliphatic heterocycles. The Morgan fingerprint density at radius 3 is 2.81 bits per heavy atom. The number of aliphatic imine (C=N–C) groups is 1. The van der Waals surface area contributed by atoms with Gasteiger partial charge < -0.3 is 15.1 Å². The molecule has 1 aliphatic rings. The van der Waals surface area contributed by atoms with E-state index < -0.39 is 0 Å². The van der Waals surface area contributed by atoms with Gasteiger partial charge in [0, 0.05) is 37.3 Å². The molecule has 3 rings (SSSR count). The standard InChI is InChI=1S/C21H33N5O/c1-15-8-5-6-10-20(15)24-21(22-12-11-18-9-7-13-27-18)23-14-19-16(2)25-26(4)17(19)3/h7,9,13,15,20H,5-6,8,10-12,14H2,1-4H3,(H2,22,23,24). The molecule has 2 heterocycles. The first-order valence-corrected chi connectivity index (χ1v) is 10.1. The summed E-state index contributed by atoms with van der Waals surface area (Å²) in [6, 6.07) is 4.43. The fraction of sp³-hybridized carbons (Fsp3) is 0.619. The second-order valence-electron chi connectivity index (χ2n) is 7.71. The van der Waals surface area contributed by atoms with Crippen molar-refractivity contribution in [3.63, 3.8) is 0 Å². The van der Waals surface area contributed by atoms with Crippen LogP contribution in [-0.2, 0) is 20.0 Å². The SMILES string of the molecule is Cc1nn(C)c(C)c1CN=C(NCCc1ccco1)NC1CCCCC1C. The topological polar surface area (TPSA) is 67.4 Å². The Balaban J connectivity index is 1.67. The van der Waals surface area contributed by atoms with Crippen molar-refractivity contribution in [1.82, 2.24) is 20.4 Å². The van der Waals surface area contributed by atoms with Crippen molar-refractivity contribution in [2.75, 3.05) is 6.54 Å². The van der Waals surface area contributed by atoms with Gasteiger partial charge in [0.15, 0.2) is 5.96 Å². The Labute approximate surface area is 162 Å². The monoisotopic (exact) mass is 371 g/mol. The fourth-order valence-corrected chi connectivity index (χ4v) is 3.82. The van der Waals surface area contributed by atoms with E-state index in [1.807, 2.05) is 23.9 Å². The second-order valence-corrected chi connectivity index (χ2v) is 7.71. The molecule has 2 aromatic heterocycles. The highest BCUT2D eigenvalue weighted by molar-refractivity contribution is 5.80. The van der Waals surface area contributed by atoms with Gasteiger partial charge in [0.2, 0.25) is 0 Å². The number of furan rings is 1. The van der Waals surface area contributed by atoms with Crippen molar-refractivity contribution in [3.05, 3.63) is 41.1 Å². The van der Waals surface area contributed by atoms with Gasteiger partial charge in [-0.05, 0) is 44.7 Å². The fourth-order valence-electron chi connectivity index (χ4n) is 3.82. The molecule has 148 valence electrons. The Hall–Kier alpha value is -2.24. The molecule has 27 heavy (non-hydrogen) atoms. The molecular formula is C21H33N5O. The summed E-state index contributed by atoms with van der Waals surface area (Å²) in [5.41, 5.74) is 3.44. The lowest BCUT2D eigenvalue weighted by atomic mass is 9.86. The molecule has 2 atom stereocenters. The molecule has 0 aromatic carbocycles. The van der Waals surface area contributed by atoms with E-state index >= 15 is 0 Å². The van der Waals surface area contributed by atoms with E-state index in [9.17, 15) is 0 Å². The first-order valence-electron chi connectivity index (χ1n) is 10.1. The zero-order valence-corrected chi connectivity index (χ0v) is 17.1. The summed E-state index contributed by atoms with van der Waals surface area (Å²) in [5.74, 6) is 2.56. The predicted molar refractivity (Wildman–Crippen MR) is 109 cm³/mol. The summed E-state index contributed by atoms with van der Waals surface area (Å²) in [7, 11) is 1.99. The van der Waals surface area contributed by atoms with Crippen LogP contribution in [0.4, 0.5) is 0 Å². The Morgan fingerprint density at radius 2 is 2.15 bits per heavy atom. The van der Waals surface area contributed by atoms with Gasteiger partial charge in [-0.2, -0.15) is 5.10 Å². The molecule has 0 spiro atoms. The van der Waals surface area contributed by atoms with Crippen LogP contribution in [0.1, 0.15) is 55.3 Å². The van der Waals surface area contributed by atoms with Crippen LogP contribution in [0.15, 0.2) is 27.8 Å². The highest BCUT2D eigenvalue weighted by Gasteiger charge is 2.22. The van der Waals surface area contributed by atoms with Crippen molar-refractivity contribution in [3.8, 4) is 0 Å². The highest BCUT2D eigenvalue weighted by atomic mass is 16.3. The molecule has 6 nitrogen and oxygen atoms in total. The quantitative estimate of drug-likeness (QED) is 0.602. The minimum Gasteiger partial charge on any atom is -0.469 e. The van der Waals surface area contributed by atoms with Crippen LogP contribution >= 0.6 is 0 Å². The molecule has 0 saturated heterocycles. The molecule has 2 aromatic rings. The molecular weight excluding hydrogens is 338 g/mol. The van der Waals surface area contributed by atoms with Crippen molar-refractivity contribution < 1.29 is 4.42 Å². The predicted octanol–water partition coefficient (Wildman–Crippen LogP) is 3.49. The summed E-state index contributed by atoms with van der Waals surface area (Å²) in [6.45, 7) is 7.94. The van der Waals surface area contributed by atoms with Crippen molar-refractivity contribution in [2.45, 2.75) is 65.5 Å². The van der Waals surface area contributed by atoms with Crippen molar-refractivity contribution in [2.24, 2.45) is 18.0 Å². The summed E-state index contributed by atoms with van der Waals surface area (Å²) in [6.07, 6.45) is 7.70. The van der Waals surface area contributed by atoms with Crippen LogP contribution in [-0.4, -0.2) is 28.3 Å². The van der Waals surface area contributed by atoms with Gasteiger partial charge in [-0.25, -0.2) is 4.99 Å². The van der Waals surface area contributed by atoms with E-state index in [4.69, 9.17) is 9.41 Å². The Kier molecular flexibility index (Phi) is 6.58. The summed E-state index contributed by atoms with van der Waals surface area (Å²) < 4.78 is 7.37. The smallest absolute Gasteiger partial charge is 0.191 e. The Bertz CT molecular complexity index is 747. The van der Waals surface area contributed by atoms with Gasteiger partial charge in [-0.3, -0.25) is 4.68 Å². The average Bonchev–Trinajstić information content (AvgIpc) is 3.24. The second kappa shape index (κ2) is 9.11. The molecule has 6 heteroatoms. The minimum atomic E-state index is 0.490. The average molecular weight is 372 g/mol. The van der Waals surface area contributed by atoms with Gasteiger partial charge in [0.1, 0.15) is 5.76 Å². The number of hydrogen-bond acceptors (Lipinski definition) is 3. The minimum absolute atomic E-state index is 0.490. The number of nitrogens with one attached hydrogen (secondary N) is 2. The number of nitrogens with zero attached hydrogens (tertiary/aromatic N) is 3. The van der Waals surface area contributed by atoms with Crippen LogP contribution in [0.2, 0.25) is 0 Å². The third kappa shape index (κ3) is 5.15. The van der Waals surface area contributed by atoms with Crippen LogP contribution in [0, 0.1) is 19.8 Å². The number of rotatable bonds is 6. The van der Waals surface area contributed by atoms with E-state index in [0.29, 0.717) is 18.5 Å². The van der Waals surface area contributed by atoms with E-state index in [1.54, 1.807) is 6.26 Å². The number of aromatic nitrogens is 2. The van der Waals surface area contributed by atoms with Crippen LogP contribution in [0.3, 0.4) is 0 Å². The Morgan fingerprint density at radius 1 is 1.33 bits per heavy atom. The molecule has 0 radical (unpaired) electrons. The number of aryl methyl sites for hydroxylation is 2. The van der Waals surface area contributed by atoms with Crippen molar-refractivity contribution in [1.29, 1.82) is 0 Å². The zero-order chi connectivity index (χ0) is 19.2. The maximum Gasteiger partial charge on any atom is 0.191 e. The number of hydrogen-bond donors (Lipinski definition) is 2. The molecule has 1 aliphatic carbocycles. The summed E-state index contributed by atoms with van der Waals surface area (Å²) >= 11 is 0. The largest absolute Gasteiger partial charge is 0.469 e. The highest BCUT2D eigenvalue weighted by Crippen LogP contribution is 2.23. The normalized spacial score (nSPS) is 20.7. The molecule has 2 unspecified atom stereocenters. The van der Waals surface area contributed by atoms with Gasteiger partial charge in [0.05, 0.1) is 18.5 Å². The first-order chi connectivity index (χ1) is 13.0. The van der Waals surface area contributed by atoms with Gasteiger partial charge in [0.25, 0.3) is 0 Å². The maximum absolute atomic E-state index is 5.43. The molecule has 2 N–H and O–H groups in total. The molecule has 1 saturated carbocycles. The van der Waals surface area contributed by atoms with Crippen LogP contribution in [0.5, 0.6) is 0 Å². The van der Waals surface area contributed by atoms with E-state index in [-0.39, 0.29) is 0 Å². The third-order valence-electron chi connectivity index (χ3n) is 5.73. The van der Waals surface area contributed by atoms with Crippen molar-refractivity contribution >= 4 is 5.96 Å². The lowest BCUT2D eigenvalue weighted by molar-refractivity contribution is 0.306. The van der Waals surface area contributed by atoms with E-state index in [0.717, 1.165) is 30.4 Å². The molecule has 0 bridgehead atoms. The first kappa shape index (κ1) is 19.5. The summed E-state index contributed by atoms with van der Waals surface area (Å²) in [4.78, 5) is 4.89. The molecule has 1 fully saturated rings. The molecule has 0 amide bonds. The van der Waals surface area contributed by atoms with Gasteiger partial charge in [-0.15, -0.1) is 0 Å². The lowest BCUT2D eigenvalue weighted by Gasteiger charge is -2.31. The van der Waals surface area contributed by atoms with Crippen LogP contribution < -0.4 is 10.6 Å². The van der Waals surface area contributed by atoms with Gasteiger partial charge >= 0.3 is 0 Å². The zero-order valence-electron chi connectivity index (χ0n) is 17.1. The van der Waals surface area contributed by atoms with Gasteiger partial charge in [-0.1, -0.05) is 19.8 Å². The number of guanidine groups is 1.